The van der Waals surface area contributed by atoms with Crippen molar-refractivity contribution in [1.29, 1.82) is 0 Å². The van der Waals surface area contributed by atoms with Gasteiger partial charge in [0, 0.05) is 6.42 Å². The third kappa shape index (κ3) is 5.64. The minimum absolute atomic E-state index is 0.0250. The van der Waals surface area contributed by atoms with Crippen LogP contribution in [0.2, 0.25) is 0 Å². The Morgan fingerprint density at radius 2 is 1.92 bits per heavy atom. The number of hydrogen-bond acceptors (Lipinski definition) is 5. The predicted octanol–water partition coefficient (Wildman–Crippen LogP) is 3.12. The van der Waals surface area contributed by atoms with E-state index >= 15 is 0 Å². The summed E-state index contributed by atoms with van der Waals surface area (Å²) < 4.78 is 5.50. The van der Waals surface area contributed by atoms with E-state index in [1.165, 1.54) is 6.92 Å². The van der Waals surface area contributed by atoms with Crippen molar-refractivity contribution in [1.82, 2.24) is 0 Å². The standard InChI is InChI=1S/C21H32O5/c1-7-18-16(5)10-14(3)8-13(2)9-15(4)11-21(25,12-22)19(23)17(6)20(24)26-18/h9-10,13,17-18,22,25H,3,7-8,11-12H2,1-2,4-6H3/b15-9+,16-10+/t13-,17+,18-,21?/m0/s1. The number of ether oxygens (including phenoxy) is 1. The summed E-state index contributed by atoms with van der Waals surface area (Å²) in [7, 11) is 0. The highest BCUT2D eigenvalue weighted by molar-refractivity contribution is 6.03. The Bertz CT molecular complexity index is 616. The van der Waals surface area contributed by atoms with Crippen LogP contribution in [0.4, 0.5) is 0 Å². The van der Waals surface area contributed by atoms with Crippen LogP contribution in [0.3, 0.4) is 0 Å². The monoisotopic (exact) mass is 364 g/mol. The molecule has 1 aliphatic rings. The lowest BCUT2D eigenvalue weighted by Gasteiger charge is -2.28. The molecule has 0 aromatic rings. The molecule has 1 rings (SSSR count). The number of carbonyl (C=O) groups excluding carboxylic acids is 2. The molecule has 0 aromatic carbocycles. The maximum Gasteiger partial charge on any atom is 0.316 e. The van der Waals surface area contributed by atoms with Gasteiger partial charge in [-0.2, -0.15) is 0 Å². The van der Waals surface area contributed by atoms with Gasteiger partial charge in [0.1, 0.15) is 12.0 Å². The largest absolute Gasteiger partial charge is 0.457 e. The molecule has 2 N–H and O–H groups in total. The van der Waals surface area contributed by atoms with E-state index in [2.05, 4.69) is 6.58 Å². The Morgan fingerprint density at radius 3 is 2.46 bits per heavy atom. The van der Waals surface area contributed by atoms with Gasteiger partial charge < -0.3 is 14.9 Å². The first kappa shape index (κ1) is 22.3. The highest BCUT2D eigenvalue weighted by atomic mass is 16.5. The average Bonchev–Trinajstić information content (AvgIpc) is 2.56. The van der Waals surface area contributed by atoms with Crippen molar-refractivity contribution < 1.29 is 24.5 Å². The lowest BCUT2D eigenvalue weighted by Crippen LogP contribution is -2.48. The maximum absolute atomic E-state index is 12.7. The van der Waals surface area contributed by atoms with Gasteiger partial charge >= 0.3 is 5.97 Å². The lowest BCUT2D eigenvalue weighted by molar-refractivity contribution is -0.161. The molecule has 1 unspecified atom stereocenters. The van der Waals surface area contributed by atoms with Crippen molar-refractivity contribution >= 4 is 11.8 Å². The molecule has 26 heavy (non-hydrogen) atoms. The van der Waals surface area contributed by atoms with Gasteiger partial charge in [0.25, 0.3) is 0 Å². The Kier molecular flexibility index (Phi) is 7.97. The SMILES string of the molecule is C=C1/C=C(\C)[C@H](CC)OC(=O)[C@H](C)C(=O)C(O)(CO)C/C(C)=C/[C@@H](C)C1. The van der Waals surface area contributed by atoms with Gasteiger partial charge in [0.15, 0.2) is 11.4 Å². The van der Waals surface area contributed by atoms with Crippen LogP contribution >= 0.6 is 0 Å². The fourth-order valence-corrected chi connectivity index (χ4v) is 3.42. The molecule has 0 saturated carbocycles. The number of aliphatic hydroxyl groups is 2. The van der Waals surface area contributed by atoms with Gasteiger partial charge in [0.2, 0.25) is 0 Å². The van der Waals surface area contributed by atoms with Crippen LogP contribution in [0, 0.1) is 11.8 Å². The highest BCUT2D eigenvalue weighted by Crippen LogP contribution is 2.26. The van der Waals surface area contributed by atoms with Crippen molar-refractivity contribution in [3.05, 3.63) is 35.5 Å². The summed E-state index contributed by atoms with van der Waals surface area (Å²) in [4.78, 5) is 25.1. The molecule has 146 valence electrons. The molecule has 1 aliphatic heterocycles. The molecule has 0 saturated heterocycles. The van der Waals surface area contributed by atoms with Crippen LogP contribution in [0.25, 0.3) is 0 Å². The second-order valence-electron chi connectivity index (χ2n) is 7.53. The Balaban J connectivity index is 3.32. The molecule has 0 spiro atoms. The molecule has 0 aliphatic carbocycles. The number of esters is 1. The van der Waals surface area contributed by atoms with Crippen molar-refractivity contribution in [2.24, 2.45) is 11.8 Å². The first-order valence-electron chi connectivity index (χ1n) is 9.15. The number of aliphatic hydroxyl groups excluding tert-OH is 1. The Hall–Kier alpha value is -1.72. The summed E-state index contributed by atoms with van der Waals surface area (Å²) in [5, 5.41) is 20.3. The zero-order valence-electron chi connectivity index (χ0n) is 16.5. The number of Topliss-reactive ketones (excluding diaryl/α,β-unsaturated/α-hetero) is 1. The van der Waals surface area contributed by atoms with E-state index in [-0.39, 0.29) is 12.3 Å². The molecule has 0 bridgehead atoms. The molecule has 5 heteroatoms. The van der Waals surface area contributed by atoms with Crippen molar-refractivity contribution in [3.8, 4) is 0 Å². The van der Waals surface area contributed by atoms with E-state index in [0.29, 0.717) is 12.8 Å². The molecule has 1 heterocycles. The van der Waals surface area contributed by atoms with Crippen molar-refractivity contribution in [2.45, 2.75) is 65.6 Å². The van der Waals surface area contributed by atoms with E-state index in [1.54, 1.807) is 6.92 Å². The van der Waals surface area contributed by atoms with Gasteiger partial charge in [-0.05, 0) is 45.1 Å². The molecule has 0 radical (unpaired) electrons. The predicted molar refractivity (Wildman–Crippen MR) is 101 cm³/mol. The number of ketones is 1. The fourth-order valence-electron chi connectivity index (χ4n) is 3.42. The van der Waals surface area contributed by atoms with Crippen LogP contribution in [-0.4, -0.2) is 40.3 Å². The van der Waals surface area contributed by atoms with Crippen molar-refractivity contribution in [2.75, 3.05) is 6.61 Å². The number of carbonyl (C=O) groups is 2. The van der Waals surface area contributed by atoms with Gasteiger partial charge in [-0.15, -0.1) is 0 Å². The third-order valence-corrected chi connectivity index (χ3v) is 4.76. The fraction of sp³-hybridized carbons (Fsp3) is 0.619. The Morgan fingerprint density at radius 1 is 1.31 bits per heavy atom. The number of rotatable bonds is 2. The van der Waals surface area contributed by atoms with Gasteiger partial charge in [-0.1, -0.05) is 43.7 Å². The van der Waals surface area contributed by atoms with Crippen LogP contribution in [0.5, 0.6) is 0 Å². The first-order chi connectivity index (χ1) is 12.0. The van der Waals surface area contributed by atoms with E-state index in [1.807, 2.05) is 32.9 Å². The molecule has 0 aromatic heterocycles. The summed E-state index contributed by atoms with van der Waals surface area (Å²) in [6.45, 7) is 12.3. The van der Waals surface area contributed by atoms with Crippen LogP contribution in [0.15, 0.2) is 35.5 Å². The van der Waals surface area contributed by atoms with E-state index in [9.17, 15) is 19.8 Å². The lowest BCUT2D eigenvalue weighted by atomic mass is 9.84. The van der Waals surface area contributed by atoms with Gasteiger partial charge in [-0.3, -0.25) is 9.59 Å². The normalized spacial score (nSPS) is 36.4. The number of hydrogen-bond donors (Lipinski definition) is 2. The molecular formula is C21H32O5. The number of allylic oxidation sites excluding steroid dienone is 3. The highest BCUT2D eigenvalue weighted by Gasteiger charge is 2.42. The molecule has 0 amide bonds. The summed E-state index contributed by atoms with van der Waals surface area (Å²) in [6.07, 6.45) is 4.70. The minimum atomic E-state index is -1.99. The molecule has 4 atom stereocenters. The van der Waals surface area contributed by atoms with E-state index in [4.69, 9.17) is 4.74 Å². The van der Waals surface area contributed by atoms with Crippen LogP contribution < -0.4 is 0 Å². The third-order valence-electron chi connectivity index (χ3n) is 4.76. The maximum atomic E-state index is 12.7. The molecular weight excluding hydrogens is 332 g/mol. The van der Waals surface area contributed by atoms with E-state index in [0.717, 1.165) is 16.7 Å². The van der Waals surface area contributed by atoms with Gasteiger partial charge in [-0.25, -0.2) is 0 Å². The summed E-state index contributed by atoms with van der Waals surface area (Å²) in [5.74, 6) is -2.42. The zero-order valence-corrected chi connectivity index (χ0v) is 16.5. The second kappa shape index (κ2) is 9.28. The summed E-state index contributed by atoms with van der Waals surface area (Å²) in [5.41, 5.74) is 0.576. The Labute approximate surface area is 156 Å². The van der Waals surface area contributed by atoms with Crippen molar-refractivity contribution in [3.63, 3.8) is 0 Å². The summed E-state index contributed by atoms with van der Waals surface area (Å²) in [6, 6.07) is 0. The van der Waals surface area contributed by atoms with Crippen LogP contribution in [0.1, 0.15) is 53.9 Å². The zero-order chi connectivity index (χ0) is 20.1. The van der Waals surface area contributed by atoms with Gasteiger partial charge in [0.05, 0.1) is 6.61 Å². The quantitative estimate of drug-likeness (QED) is 0.447. The first-order valence-corrected chi connectivity index (χ1v) is 9.15. The second-order valence-corrected chi connectivity index (χ2v) is 7.53. The molecule has 5 nitrogen and oxygen atoms in total. The molecule has 0 fully saturated rings. The topological polar surface area (TPSA) is 83.8 Å². The van der Waals surface area contributed by atoms with E-state index < -0.39 is 36.0 Å². The average molecular weight is 364 g/mol. The minimum Gasteiger partial charge on any atom is -0.457 e. The number of cyclic esters (lactones) is 1. The van der Waals surface area contributed by atoms with Crippen LogP contribution in [-0.2, 0) is 14.3 Å². The summed E-state index contributed by atoms with van der Waals surface area (Å²) >= 11 is 0. The smallest absolute Gasteiger partial charge is 0.316 e.